The Morgan fingerprint density at radius 2 is 1.86 bits per heavy atom. The second-order valence-electron chi connectivity index (χ2n) is 12.2. The molecule has 4 rings (SSSR count). The van der Waals surface area contributed by atoms with Crippen LogP contribution in [-0.4, -0.2) is 65.7 Å². The molecule has 0 spiro atoms. The topological polar surface area (TPSA) is 90.9 Å². The average molecular weight is 586 g/mol. The Morgan fingerprint density at radius 3 is 2.52 bits per heavy atom. The molecule has 7 nitrogen and oxygen atoms in total. The van der Waals surface area contributed by atoms with E-state index in [1.165, 1.54) is 12.1 Å². The van der Waals surface area contributed by atoms with Crippen molar-refractivity contribution < 1.29 is 28.2 Å². The third-order valence-electron chi connectivity index (χ3n) is 8.33. The summed E-state index contributed by atoms with van der Waals surface area (Å²) >= 11 is 0. The molecule has 2 aromatic rings. The second-order valence-corrected chi connectivity index (χ2v) is 12.2. The Morgan fingerprint density at radius 1 is 1.14 bits per heavy atom. The first-order valence-corrected chi connectivity index (χ1v) is 15.3. The first kappa shape index (κ1) is 31.9. The van der Waals surface area contributed by atoms with E-state index in [2.05, 4.69) is 17.6 Å². The number of aliphatic hydroxyl groups is 1. The molecule has 3 N–H and O–H groups in total. The Kier molecular flexibility index (Phi) is 11.3. The smallest absolute Gasteiger partial charge is 0.226 e. The van der Waals surface area contributed by atoms with Crippen LogP contribution in [0.2, 0.25) is 0 Å². The van der Waals surface area contributed by atoms with Crippen molar-refractivity contribution in [1.82, 2.24) is 15.5 Å². The van der Waals surface area contributed by atoms with Crippen molar-refractivity contribution in [3.8, 4) is 5.75 Å². The molecule has 2 saturated heterocycles. The quantitative estimate of drug-likeness (QED) is 0.285. The monoisotopic (exact) mass is 585 g/mol. The maximum atomic E-state index is 14.1. The lowest BCUT2D eigenvalue weighted by molar-refractivity contribution is -0.134. The summed E-state index contributed by atoms with van der Waals surface area (Å²) < 4.78 is 34.2. The number of nitrogens with one attached hydrogen (secondary N) is 2. The van der Waals surface area contributed by atoms with Gasteiger partial charge < -0.3 is 25.4 Å². The van der Waals surface area contributed by atoms with Crippen molar-refractivity contribution in [3.05, 3.63) is 65.7 Å². The van der Waals surface area contributed by atoms with Gasteiger partial charge in [-0.15, -0.1) is 0 Å². The fraction of sp³-hybridized carbons (Fsp3) is 0.576. The number of likely N-dealkylation sites (tertiary alicyclic amines) is 1. The number of hydrogen-bond acceptors (Lipinski definition) is 5. The normalized spacial score (nSPS) is 23.8. The summed E-state index contributed by atoms with van der Waals surface area (Å²) in [6.45, 7) is 7.63. The Bertz CT molecular complexity index is 1160. The summed E-state index contributed by atoms with van der Waals surface area (Å²) in [4.78, 5) is 28.9. The van der Waals surface area contributed by atoms with E-state index in [0.717, 1.165) is 31.1 Å². The van der Waals surface area contributed by atoms with Crippen LogP contribution in [0.5, 0.6) is 5.75 Å². The molecule has 42 heavy (non-hydrogen) atoms. The lowest BCUT2D eigenvalue weighted by Crippen LogP contribution is -2.54. The van der Waals surface area contributed by atoms with Crippen LogP contribution in [0.4, 0.5) is 8.78 Å². The van der Waals surface area contributed by atoms with E-state index in [1.807, 2.05) is 44.2 Å². The first-order valence-electron chi connectivity index (χ1n) is 15.3. The second kappa shape index (κ2) is 14.9. The summed E-state index contributed by atoms with van der Waals surface area (Å²) in [5.74, 6) is -1.81. The van der Waals surface area contributed by atoms with Gasteiger partial charge in [-0.1, -0.05) is 51.8 Å². The first-order chi connectivity index (χ1) is 20.1. The molecule has 2 aliphatic heterocycles. The van der Waals surface area contributed by atoms with Gasteiger partial charge in [-0.25, -0.2) is 8.78 Å². The van der Waals surface area contributed by atoms with Crippen LogP contribution in [0.1, 0.15) is 58.4 Å². The molecule has 2 unspecified atom stereocenters. The van der Waals surface area contributed by atoms with Crippen molar-refractivity contribution in [2.75, 3.05) is 19.6 Å². The van der Waals surface area contributed by atoms with Gasteiger partial charge in [0.2, 0.25) is 11.8 Å². The number of para-hydroxylation sites is 1. The largest absolute Gasteiger partial charge is 0.489 e. The Labute approximate surface area is 248 Å². The zero-order chi connectivity index (χ0) is 30.2. The van der Waals surface area contributed by atoms with Crippen LogP contribution in [0, 0.1) is 29.4 Å². The molecule has 9 heteroatoms. The van der Waals surface area contributed by atoms with Crippen LogP contribution >= 0.6 is 0 Å². The van der Waals surface area contributed by atoms with Crippen LogP contribution in [0.3, 0.4) is 0 Å². The predicted octanol–water partition coefficient (Wildman–Crippen LogP) is 4.47. The minimum atomic E-state index is -1.06. The zero-order valence-corrected chi connectivity index (χ0v) is 24.9. The number of ether oxygens (including phenoxy) is 1. The van der Waals surface area contributed by atoms with Crippen LogP contribution in [-0.2, 0) is 16.0 Å². The van der Waals surface area contributed by atoms with Crippen molar-refractivity contribution >= 4 is 11.8 Å². The highest BCUT2D eigenvalue weighted by atomic mass is 19.1. The van der Waals surface area contributed by atoms with E-state index in [0.29, 0.717) is 38.0 Å². The number of aliphatic hydroxyl groups excluding tert-OH is 1. The fourth-order valence-corrected chi connectivity index (χ4v) is 6.24. The SMILES string of the molecule is CCCCCN1CC(C(=O)N[C@@H](Cc2cc(F)cc(F)c2)[C@H](O)[C@H]2C[C@@H](Oc3ccccc3)CN2)C(CC(C)C)C1=O. The van der Waals surface area contributed by atoms with Crippen LogP contribution in [0.15, 0.2) is 48.5 Å². The minimum Gasteiger partial charge on any atom is -0.489 e. The number of amides is 2. The number of carbonyl (C=O) groups excluding carboxylic acids is 2. The highest BCUT2D eigenvalue weighted by Gasteiger charge is 2.45. The molecule has 0 saturated carbocycles. The third kappa shape index (κ3) is 8.51. The van der Waals surface area contributed by atoms with E-state index >= 15 is 0 Å². The van der Waals surface area contributed by atoms with Gasteiger partial charge in [0.15, 0.2) is 0 Å². The number of rotatable bonds is 14. The molecule has 6 atom stereocenters. The molecule has 230 valence electrons. The van der Waals surface area contributed by atoms with E-state index in [9.17, 15) is 23.5 Å². The van der Waals surface area contributed by atoms with Gasteiger partial charge in [-0.3, -0.25) is 9.59 Å². The summed E-state index contributed by atoms with van der Waals surface area (Å²) in [5.41, 5.74) is 0.328. The lowest BCUT2D eigenvalue weighted by Gasteiger charge is -2.30. The van der Waals surface area contributed by atoms with Gasteiger partial charge in [0.25, 0.3) is 0 Å². The standard InChI is InChI=1S/C33H45F2N3O4/c1-4-5-9-12-38-20-28(27(33(38)41)13-21(2)3)32(40)37-30(16-22-14-23(34)17-24(35)15-22)31(39)29-18-26(19-36-29)42-25-10-7-6-8-11-25/h6-8,10-11,14-15,17,21,26-31,36,39H,4-5,9,12-13,16,18-20H2,1-3H3,(H,37,40)/t26-,27?,28?,29-,30+,31-/m1/s1. The third-order valence-corrected chi connectivity index (χ3v) is 8.33. The minimum absolute atomic E-state index is 0.00242. The van der Waals surface area contributed by atoms with Gasteiger partial charge in [0, 0.05) is 38.2 Å². The summed E-state index contributed by atoms with van der Waals surface area (Å²) in [6.07, 6.45) is 2.79. The van der Waals surface area contributed by atoms with Gasteiger partial charge in [-0.2, -0.15) is 0 Å². The zero-order valence-electron chi connectivity index (χ0n) is 24.9. The lowest BCUT2D eigenvalue weighted by atomic mass is 9.86. The number of halogens is 2. The van der Waals surface area contributed by atoms with Crippen molar-refractivity contribution in [3.63, 3.8) is 0 Å². The molecule has 2 heterocycles. The molecule has 0 bridgehead atoms. The number of hydrogen-bond donors (Lipinski definition) is 3. The van der Waals surface area contributed by atoms with Gasteiger partial charge in [0.1, 0.15) is 23.5 Å². The maximum Gasteiger partial charge on any atom is 0.226 e. The highest BCUT2D eigenvalue weighted by Crippen LogP contribution is 2.31. The molecule has 0 radical (unpaired) electrons. The van der Waals surface area contributed by atoms with Crippen molar-refractivity contribution in [2.45, 2.75) is 83.6 Å². The summed E-state index contributed by atoms with van der Waals surface area (Å²) in [6, 6.07) is 11.4. The van der Waals surface area contributed by atoms with Crippen LogP contribution < -0.4 is 15.4 Å². The molecule has 0 aliphatic carbocycles. The molecular formula is C33H45F2N3O4. The van der Waals surface area contributed by atoms with Crippen molar-refractivity contribution in [2.24, 2.45) is 17.8 Å². The van der Waals surface area contributed by atoms with E-state index < -0.39 is 41.7 Å². The fourth-order valence-electron chi connectivity index (χ4n) is 6.24. The van der Waals surface area contributed by atoms with E-state index in [-0.39, 0.29) is 30.3 Å². The maximum absolute atomic E-state index is 14.1. The van der Waals surface area contributed by atoms with Gasteiger partial charge in [0.05, 0.1) is 24.0 Å². The van der Waals surface area contributed by atoms with E-state index in [4.69, 9.17) is 4.74 Å². The van der Waals surface area contributed by atoms with Crippen LogP contribution in [0.25, 0.3) is 0 Å². The molecule has 2 fully saturated rings. The predicted molar refractivity (Wildman–Crippen MR) is 158 cm³/mol. The number of carbonyl (C=O) groups is 2. The van der Waals surface area contributed by atoms with Gasteiger partial charge >= 0.3 is 0 Å². The Balaban J connectivity index is 1.50. The molecular weight excluding hydrogens is 540 g/mol. The van der Waals surface area contributed by atoms with Crippen molar-refractivity contribution in [1.29, 1.82) is 0 Å². The van der Waals surface area contributed by atoms with E-state index in [1.54, 1.807) is 4.90 Å². The molecule has 2 aromatic carbocycles. The number of unbranched alkanes of at least 4 members (excludes halogenated alkanes) is 2. The average Bonchev–Trinajstić information content (AvgIpc) is 3.52. The Hall–Kier alpha value is -3.04. The number of nitrogens with zero attached hydrogens (tertiary/aromatic N) is 1. The molecule has 2 amide bonds. The summed E-state index contributed by atoms with van der Waals surface area (Å²) in [7, 11) is 0. The molecule has 0 aromatic heterocycles. The number of benzene rings is 2. The van der Waals surface area contributed by atoms with Gasteiger partial charge in [-0.05, 0) is 55.0 Å². The highest BCUT2D eigenvalue weighted by molar-refractivity contribution is 5.91. The summed E-state index contributed by atoms with van der Waals surface area (Å²) in [5, 5.41) is 17.9. The molecule has 2 aliphatic rings.